The van der Waals surface area contributed by atoms with E-state index in [0.29, 0.717) is 0 Å². The molecule has 3 N–H and O–H groups in total. The van der Waals surface area contributed by atoms with Crippen LogP contribution < -0.4 is 10.5 Å². The first-order valence-corrected chi connectivity index (χ1v) is 6.01. The number of hydrogen-bond donors (Lipinski definition) is 2. The highest BCUT2D eigenvalue weighted by Gasteiger charge is 2.31. The molecule has 1 aromatic rings. The van der Waals surface area contributed by atoms with Gasteiger partial charge in [-0.25, -0.2) is 0 Å². The zero-order chi connectivity index (χ0) is 13.9. The monoisotopic (exact) mass is 363 g/mol. The van der Waals surface area contributed by atoms with Crippen LogP contribution in [-0.4, -0.2) is 17.9 Å². The first kappa shape index (κ1) is 18.3. The minimum absolute atomic E-state index is 0. The van der Waals surface area contributed by atoms with Gasteiger partial charge in [0.25, 0.3) is 0 Å². The standard InChI is InChI=1S/C11H13BrF3NO2.ClH/c1-2-18-9-4-6(3-7(12)10(9)17)8(16)5-11(13,14)15;/h3-4,8,17H,2,5,16H2,1H3;1H/t8-;/m1./s1. The summed E-state index contributed by atoms with van der Waals surface area (Å²) >= 11 is 3.05. The Labute approximate surface area is 123 Å². The molecule has 19 heavy (non-hydrogen) atoms. The van der Waals surface area contributed by atoms with Crippen LogP contribution in [0.2, 0.25) is 0 Å². The number of alkyl halides is 3. The lowest BCUT2D eigenvalue weighted by Crippen LogP contribution is -2.20. The molecule has 1 aromatic carbocycles. The van der Waals surface area contributed by atoms with Crippen molar-refractivity contribution in [3.63, 3.8) is 0 Å². The first-order chi connectivity index (χ1) is 8.24. The molecule has 0 heterocycles. The van der Waals surface area contributed by atoms with E-state index >= 15 is 0 Å². The third-order valence-corrected chi connectivity index (χ3v) is 2.83. The quantitative estimate of drug-likeness (QED) is 0.851. The Morgan fingerprint density at radius 1 is 1.42 bits per heavy atom. The molecule has 0 unspecified atom stereocenters. The summed E-state index contributed by atoms with van der Waals surface area (Å²) in [6.07, 6.45) is -5.47. The van der Waals surface area contributed by atoms with E-state index in [4.69, 9.17) is 10.5 Å². The second-order valence-corrected chi connectivity index (χ2v) is 4.56. The molecule has 1 rings (SSSR count). The minimum atomic E-state index is -4.34. The second-order valence-electron chi connectivity index (χ2n) is 3.71. The molecule has 0 radical (unpaired) electrons. The molecule has 8 heteroatoms. The highest BCUT2D eigenvalue weighted by molar-refractivity contribution is 9.10. The number of phenolic OH excluding ortho intramolecular Hbond substituents is 1. The van der Waals surface area contributed by atoms with E-state index in [2.05, 4.69) is 15.9 Å². The lowest BCUT2D eigenvalue weighted by Gasteiger charge is -2.17. The fraction of sp³-hybridized carbons (Fsp3) is 0.455. The summed E-state index contributed by atoms with van der Waals surface area (Å²) in [6.45, 7) is 1.99. The average molecular weight is 365 g/mol. The maximum atomic E-state index is 12.2. The highest BCUT2D eigenvalue weighted by atomic mass is 79.9. The van der Waals surface area contributed by atoms with Gasteiger partial charge in [0, 0.05) is 6.04 Å². The molecule has 0 amide bonds. The third kappa shape index (κ3) is 5.46. The van der Waals surface area contributed by atoms with Crippen molar-refractivity contribution in [3.8, 4) is 11.5 Å². The van der Waals surface area contributed by atoms with Gasteiger partial charge in [0.15, 0.2) is 11.5 Å². The summed E-state index contributed by atoms with van der Waals surface area (Å²) in [4.78, 5) is 0. The summed E-state index contributed by atoms with van der Waals surface area (Å²) in [5.74, 6) is -0.0423. The second kappa shape index (κ2) is 7.21. The van der Waals surface area contributed by atoms with Gasteiger partial charge in [-0.1, -0.05) is 0 Å². The first-order valence-electron chi connectivity index (χ1n) is 5.22. The van der Waals surface area contributed by atoms with Crippen molar-refractivity contribution in [2.24, 2.45) is 5.73 Å². The van der Waals surface area contributed by atoms with Crippen LogP contribution in [-0.2, 0) is 0 Å². The zero-order valence-corrected chi connectivity index (χ0v) is 12.4. The van der Waals surface area contributed by atoms with Crippen LogP contribution in [0.3, 0.4) is 0 Å². The Balaban J connectivity index is 0.00000324. The Morgan fingerprint density at radius 2 is 2.00 bits per heavy atom. The molecule has 0 aliphatic heterocycles. The predicted molar refractivity (Wildman–Crippen MR) is 71.8 cm³/mol. The highest BCUT2D eigenvalue weighted by Crippen LogP contribution is 2.38. The number of aromatic hydroxyl groups is 1. The molecule has 0 spiro atoms. The van der Waals surface area contributed by atoms with Crippen molar-refractivity contribution in [2.45, 2.75) is 25.6 Å². The van der Waals surface area contributed by atoms with Gasteiger partial charge in [-0.15, -0.1) is 12.4 Å². The number of hydrogen-bond acceptors (Lipinski definition) is 3. The van der Waals surface area contributed by atoms with Crippen LogP contribution in [0.25, 0.3) is 0 Å². The van der Waals surface area contributed by atoms with Gasteiger partial charge >= 0.3 is 6.18 Å². The van der Waals surface area contributed by atoms with Crippen LogP contribution in [0.4, 0.5) is 13.2 Å². The Kier molecular flexibility index (Phi) is 6.96. The zero-order valence-electron chi connectivity index (χ0n) is 10.00. The van der Waals surface area contributed by atoms with E-state index in [1.54, 1.807) is 6.92 Å². The topological polar surface area (TPSA) is 55.5 Å². The average Bonchev–Trinajstić information content (AvgIpc) is 2.22. The predicted octanol–water partition coefficient (Wildman–Crippen LogP) is 3.93. The molecular formula is C11H14BrClF3NO2. The summed E-state index contributed by atoms with van der Waals surface area (Å²) in [7, 11) is 0. The molecule has 0 aliphatic rings. The molecule has 0 saturated heterocycles. The van der Waals surface area contributed by atoms with Gasteiger partial charge in [0.2, 0.25) is 0 Å². The van der Waals surface area contributed by atoms with Gasteiger partial charge < -0.3 is 15.6 Å². The number of ether oxygens (including phenoxy) is 1. The van der Waals surface area contributed by atoms with Crippen LogP contribution in [0.1, 0.15) is 24.9 Å². The lowest BCUT2D eigenvalue weighted by atomic mass is 10.0. The fourth-order valence-electron chi connectivity index (χ4n) is 1.44. The third-order valence-electron chi connectivity index (χ3n) is 2.23. The van der Waals surface area contributed by atoms with Crippen LogP contribution in [0, 0.1) is 0 Å². The maximum Gasteiger partial charge on any atom is 0.390 e. The normalized spacial score (nSPS) is 12.7. The number of nitrogens with two attached hydrogens (primary N) is 1. The van der Waals surface area contributed by atoms with E-state index in [0.717, 1.165) is 0 Å². The molecule has 1 atom stereocenters. The summed E-state index contributed by atoms with van der Waals surface area (Å²) in [5, 5.41) is 9.63. The van der Waals surface area contributed by atoms with Crippen molar-refractivity contribution in [1.82, 2.24) is 0 Å². The maximum absolute atomic E-state index is 12.2. The van der Waals surface area contributed by atoms with Gasteiger partial charge in [-0.05, 0) is 40.5 Å². The van der Waals surface area contributed by atoms with E-state index in [1.165, 1.54) is 12.1 Å². The molecule has 0 bridgehead atoms. The van der Waals surface area contributed by atoms with Crippen molar-refractivity contribution in [1.29, 1.82) is 0 Å². The van der Waals surface area contributed by atoms with E-state index in [-0.39, 0.29) is 40.5 Å². The minimum Gasteiger partial charge on any atom is -0.503 e. The molecule has 110 valence electrons. The van der Waals surface area contributed by atoms with Crippen molar-refractivity contribution >= 4 is 28.3 Å². The van der Waals surface area contributed by atoms with Crippen LogP contribution >= 0.6 is 28.3 Å². The smallest absolute Gasteiger partial charge is 0.390 e. The summed E-state index contributed by atoms with van der Waals surface area (Å²) < 4.78 is 42.1. The van der Waals surface area contributed by atoms with Gasteiger partial charge in [-0.3, -0.25) is 0 Å². The Morgan fingerprint density at radius 3 is 2.47 bits per heavy atom. The van der Waals surface area contributed by atoms with E-state index in [1.807, 2.05) is 0 Å². The Bertz CT molecular complexity index is 429. The van der Waals surface area contributed by atoms with E-state index in [9.17, 15) is 18.3 Å². The van der Waals surface area contributed by atoms with E-state index < -0.39 is 18.6 Å². The molecule has 3 nitrogen and oxygen atoms in total. The number of halogens is 5. The summed E-state index contributed by atoms with van der Waals surface area (Å²) in [6, 6.07) is 1.48. The van der Waals surface area contributed by atoms with Gasteiger partial charge in [0.1, 0.15) is 0 Å². The fourth-order valence-corrected chi connectivity index (χ4v) is 1.90. The number of rotatable bonds is 4. The van der Waals surface area contributed by atoms with Crippen molar-refractivity contribution in [3.05, 3.63) is 22.2 Å². The largest absolute Gasteiger partial charge is 0.503 e. The summed E-state index contributed by atoms with van der Waals surface area (Å²) in [5.41, 5.74) is 5.74. The lowest BCUT2D eigenvalue weighted by molar-refractivity contribution is -0.138. The number of benzene rings is 1. The SMILES string of the molecule is CCOc1cc([C@H](N)CC(F)(F)F)cc(Br)c1O.Cl. The van der Waals surface area contributed by atoms with Gasteiger partial charge in [0.05, 0.1) is 17.5 Å². The van der Waals surface area contributed by atoms with Gasteiger partial charge in [-0.2, -0.15) is 13.2 Å². The molecule has 0 aliphatic carbocycles. The molecule has 0 fully saturated rings. The Hall–Kier alpha value is -0.660. The molecule has 0 aromatic heterocycles. The van der Waals surface area contributed by atoms with Crippen LogP contribution in [0.15, 0.2) is 16.6 Å². The van der Waals surface area contributed by atoms with Crippen LogP contribution in [0.5, 0.6) is 11.5 Å². The molecule has 0 saturated carbocycles. The number of phenols is 1. The van der Waals surface area contributed by atoms with Crippen molar-refractivity contribution < 1.29 is 23.0 Å². The van der Waals surface area contributed by atoms with Crippen molar-refractivity contribution in [2.75, 3.05) is 6.61 Å². The molecular weight excluding hydrogens is 350 g/mol.